The molecule has 1 saturated heterocycles. The lowest BCUT2D eigenvalue weighted by Gasteiger charge is -2.25. The summed E-state index contributed by atoms with van der Waals surface area (Å²) in [6, 6.07) is 15.3. The van der Waals surface area contributed by atoms with Crippen molar-refractivity contribution in [2.24, 2.45) is 0 Å². The third-order valence-corrected chi connectivity index (χ3v) is 7.68. The number of aromatic carboxylic acids is 1. The number of nitrogens with zero attached hydrogens (tertiary/aromatic N) is 2. The number of hydrogen-bond acceptors (Lipinski definition) is 9. The Balaban J connectivity index is 1.68. The summed E-state index contributed by atoms with van der Waals surface area (Å²) in [6.07, 6.45) is 4.60. The van der Waals surface area contributed by atoms with Gasteiger partial charge in [-0.3, -0.25) is 9.97 Å². The molecule has 11 heteroatoms. The van der Waals surface area contributed by atoms with Crippen molar-refractivity contribution < 1.29 is 23.1 Å². The highest BCUT2D eigenvalue weighted by Gasteiger charge is 2.33. The first-order valence-electron chi connectivity index (χ1n) is 11.2. The molecule has 1 unspecified atom stereocenters. The molecule has 1 fully saturated rings. The number of carboxylic acids is 1. The Morgan fingerprint density at radius 2 is 1.86 bits per heavy atom. The smallest absolute Gasteiger partial charge is 0.337 e. The van der Waals surface area contributed by atoms with Crippen LogP contribution in [0, 0.1) is 0 Å². The predicted molar refractivity (Wildman–Crippen MR) is 136 cm³/mol. The zero-order valence-corrected chi connectivity index (χ0v) is 19.8. The van der Waals surface area contributed by atoms with Crippen molar-refractivity contribution in [1.29, 1.82) is 0 Å². The first kappa shape index (κ1) is 23.7. The third-order valence-electron chi connectivity index (χ3n) is 5.77. The molecular weight excluding hydrogens is 482 g/mol. The van der Waals surface area contributed by atoms with E-state index in [2.05, 4.69) is 25.9 Å². The summed E-state index contributed by atoms with van der Waals surface area (Å²) in [5.41, 5.74) is 1.41. The minimum Gasteiger partial charge on any atom is -0.478 e. The lowest BCUT2D eigenvalue weighted by molar-refractivity contribution is 0.0698. The molecule has 36 heavy (non-hydrogen) atoms. The quantitative estimate of drug-likeness (QED) is 0.294. The largest absolute Gasteiger partial charge is 0.478 e. The molecule has 10 nitrogen and oxygen atoms in total. The number of morpholine rings is 1. The topological polar surface area (TPSA) is 143 Å². The van der Waals surface area contributed by atoms with Crippen molar-refractivity contribution in [2.45, 2.75) is 10.3 Å². The number of carbonyl (C=O) groups is 1. The van der Waals surface area contributed by atoms with E-state index in [1.807, 2.05) is 6.07 Å². The maximum atomic E-state index is 13.7. The number of anilines is 4. The second-order valence-corrected chi connectivity index (χ2v) is 10.2. The molecule has 0 aliphatic carbocycles. The number of fused-ring (bicyclic) bond motifs is 1. The predicted octanol–water partition coefficient (Wildman–Crippen LogP) is 3.53. The molecule has 1 aliphatic rings. The summed E-state index contributed by atoms with van der Waals surface area (Å²) in [5, 5.41) is 19.6. The Kier molecular flexibility index (Phi) is 6.51. The summed E-state index contributed by atoms with van der Waals surface area (Å²) in [6.45, 7) is 0.952. The number of ether oxygens (including phenoxy) is 1. The first-order valence-corrected chi connectivity index (χ1v) is 12.7. The van der Waals surface area contributed by atoms with Gasteiger partial charge in [0, 0.05) is 48.4 Å². The zero-order chi connectivity index (χ0) is 25.1. The molecule has 1 atom stereocenters. The van der Waals surface area contributed by atoms with Crippen LogP contribution in [0.3, 0.4) is 0 Å². The lowest BCUT2D eigenvalue weighted by Crippen LogP contribution is -2.43. The van der Waals surface area contributed by atoms with Gasteiger partial charge in [0.05, 0.1) is 29.1 Å². The van der Waals surface area contributed by atoms with E-state index in [9.17, 15) is 18.3 Å². The van der Waals surface area contributed by atoms with Crippen LogP contribution >= 0.6 is 0 Å². The molecule has 184 valence electrons. The highest BCUT2D eigenvalue weighted by molar-refractivity contribution is 7.92. The van der Waals surface area contributed by atoms with Gasteiger partial charge in [0.2, 0.25) is 9.84 Å². The Bertz CT molecular complexity index is 1520. The highest BCUT2D eigenvalue weighted by atomic mass is 32.2. The third kappa shape index (κ3) is 4.71. The minimum atomic E-state index is -3.99. The Morgan fingerprint density at radius 1 is 1.06 bits per heavy atom. The van der Waals surface area contributed by atoms with E-state index in [0.29, 0.717) is 23.1 Å². The van der Waals surface area contributed by atoms with Crippen molar-refractivity contribution in [3.05, 3.63) is 78.8 Å². The Hall–Kier alpha value is -4.06. The second kappa shape index (κ2) is 9.90. The van der Waals surface area contributed by atoms with Crippen LogP contribution in [0.1, 0.15) is 10.4 Å². The summed E-state index contributed by atoms with van der Waals surface area (Å²) in [4.78, 5) is 20.2. The molecule has 4 N–H and O–H groups in total. The molecule has 4 aromatic rings. The molecule has 0 spiro atoms. The number of rotatable bonds is 7. The molecule has 0 bridgehead atoms. The molecular formula is C25H23N5O5S. The molecule has 2 aromatic heterocycles. The fraction of sp³-hybridized carbons (Fsp3) is 0.160. The second-order valence-electron chi connectivity index (χ2n) is 8.12. The number of pyridine rings is 2. The van der Waals surface area contributed by atoms with Gasteiger partial charge < -0.3 is 25.8 Å². The van der Waals surface area contributed by atoms with Crippen LogP contribution in [0.2, 0.25) is 0 Å². The summed E-state index contributed by atoms with van der Waals surface area (Å²) in [7, 11) is -3.99. The van der Waals surface area contributed by atoms with Gasteiger partial charge in [-0.15, -0.1) is 0 Å². The number of aromatic nitrogens is 2. The van der Waals surface area contributed by atoms with Crippen molar-refractivity contribution in [1.82, 2.24) is 15.3 Å². The number of sulfone groups is 1. The van der Waals surface area contributed by atoms with Crippen LogP contribution in [-0.4, -0.2) is 54.6 Å². The van der Waals surface area contributed by atoms with E-state index >= 15 is 0 Å². The van der Waals surface area contributed by atoms with Crippen LogP contribution in [-0.2, 0) is 14.6 Å². The standard InChI is InChI=1S/C25H23N5O5S/c31-25(32)18-3-1-2-4-21(18)30-24-19-13-17(29-16-7-9-26-10-8-16)5-6-20(19)28-14-22(24)36(33,34)23-15-27-11-12-35-23/h1-10,13-14,23,27H,11-12,15H2,(H,26,29)(H,28,30)(H,31,32). The number of benzene rings is 2. The normalized spacial score (nSPS) is 15.9. The average Bonchev–Trinajstić information content (AvgIpc) is 2.90. The van der Waals surface area contributed by atoms with Crippen LogP contribution < -0.4 is 16.0 Å². The van der Waals surface area contributed by atoms with E-state index in [0.717, 1.165) is 5.69 Å². The zero-order valence-electron chi connectivity index (χ0n) is 19.0. The number of hydrogen-bond donors (Lipinski definition) is 4. The Morgan fingerprint density at radius 3 is 2.61 bits per heavy atom. The number of nitrogens with one attached hydrogen (secondary N) is 3. The number of para-hydroxylation sites is 1. The lowest BCUT2D eigenvalue weighted by atomic mass is 10.1. The van der Waals surface area contributed by atoms with Gasteiger partial charge >= 0.3 is 5.97 Å². The minimum absolute atomic E-state index is 0.00691. The van der Waals surface area contributed by atoms with Gasteiger partial charge in [-0.05, 0) is 42.5 Å². The van der Waals surface area contributed by atoms with Gasteiger partial charge in [-0.2, -0.15) is 0 Å². The summed E-state index contributed by atoms with van der Waals surface area (Å²) in [5.74, 6) is -1.14. The van der Waals surface area contributed by atoms with E-state index in [1.165, 1.54) is 12.3 Å². The van der Waals surface area contributed by atoms with Gasteiger partial charge in [-0.25, -0.2) is 13.2 Å². The Labute approximate surface area is 207 Å². The molecule has 2 aromatic carbocycles. The highest BCUT2D eigenvalue weighted by Crippen LogP contribution is 2.36. The van der Waals surface area contributed by atoms with Gasteiger partial charge in [-0.1, -0.05) is 12.1 Å². The van der Waals surface area contributed by atoms with Crippen molar-refractivity contribution in [3.63, 3.8) is 0 Å². The van der Waals surface area contributed by atoms with Crippen molar-refractivity contribution in [3.8, 4) is 0 Å². The van der Waals surface area contributed by atoms with Gasteiger partial charge in [0.15, 0.2) is 5.44 Å². The van der Waals surface area contributed by atoms with Gasteiger partial charge in [0.1, 0.15) is 4.90 Å². The SMILES string of the molecule is O=C(O)c1ccccc1Nc1c(S(=O)(=O)C2CNCCO2)cnc2ccc(Nc3ccncc3)cc12. The summed E-state index contributed by atoms with van der Waals surface area (Å²) < 4.78 is 32.9. The fourth-order valence-electron chi connectivity index (χ4n) is 3.99. The van der Waals surface area contributed by atoms with Crippen LogP contribution in [0.5, 0.6) is 0 Å². The maximum absolute atomic E-state index is 13.7. The van der Waals surface area contributed by atoms with Crippen LogP contribution in [0.15, 0.2) is 78.1 Å². The van der Waals surface area contributed by atoms with E-state index < -0.39 is 21.2 Å². The molecule has 5 rings (SSSR count). The average molecular weight is 506 g/mol. The van der Waals surface area contributed by atoms with Gasteiger partial charge in [0.25, 0.3) is 0 Å². The van der Waals surface area contributed by atoms with Crippen molar-refractivity contribution >= 4 is 49.5 Å². The fourth-order valence-corrected chi connectivity index (χ4v) is 5.54. The summed E-state index contributed by atoms with van der Waals surface area (Å²) >= 11 is 0. The maximum Gasteiger partial charge on any atom is 0.337 e. The monoisotopic (exact) mass is 505 g/mol. The van der Waals surface area contributed by atoms with E-state index in [4.69, 9.17) is 4.74 Å². The van der Waals surface area contributed by atoms with Crippen LogP contribution in [0.25, 0.3) is 10.9 Å². The number of carboxylic acid groups (broad SMARTS) is 1. The van der Waals surface area contributed by atoms with E-state index in [1.54, 1.807) is 54.9 Å². The molecule has 0 radical (unpaired) electrons. The first-order chi connectivity index (χ1) is 17.4. The molecule has 0 saturated carbocycles. The molecule has 0 amide bonds. The van der Waals surface area contributed by atoms with Crippen LogP contribution in [0.4, 0.5) is 22.7 Å². The molecule has 1 aliphatic heterocycles. The van der Waals surface area contributed by atoms with E-state index in [-0.39, 0.29) is 35.0 Å². The van der Waals surface area contributed by atoms with Crippen molar-refractivity contribution in [2.75, 3.05) is 30.3 Å². The molecule has 3 heterocycles.